The summed E-state index contributed by atoms with van der Waals surface area (Å²) in [6, 6.07) is 9.05. The van der Waals surface area contributed by atoms with Crippen LogP contribution in [0.1, 0.15) is 18.1 Å². The summed E-state index contributed by atoms with van der Waals surface area (Å²) in [5.74, 6) is -0.368. The van der Waals surface area contributed by atoms with Crippen molar-refractivity contribution in [2.75, 3.05) is 20.3 Å². The summed E-state index contributed by atoms with van der Waals surface area (Å²) in [6.45, 7) is 3.46. The van der Waals surface area contributed by atoms with Gasteiger partial charge in [0.2, 0.25) is 5.91 Å². The molecule has 102 valence electrons. The molecule has 0 bridgehead atoms. The standard InChI is InChI=1S/C14H19N3O2/c1-11(14(16)18)17(6-7-19-2)10-13-5-3-4-12(8-13)9-15/h3-5,8,11H,6-7,10H2,1-2H3,(H2,16,18). The Morgan fingerprint density at radius 2 is 2.32 bits per heavy atom. The van der Waals surface area contributed by atoms with Gasteiger partial charge in [-0.3, -0.25) is 9.69 Å². The Kier molecular flexibility index (Phi) is 6.00. The van der Waals surface area contributed by atoms with Gasteiger partial charge in [-0.1, -0.05) is 12.1 Å². The fraction of sp³-hybridized carbons (Fsp3) is 0.429. The number of nitrogens with two attached hydrogens (primary N) is 1. The van der Waals surface area contributed by atoms with Crippen molar-refractivity contribution in [3.8, 4) is 6.07 Å². The second-order valence-corrected chi connectivity index (χ2v) is 4.35. The number of primary amides is 1. The smallest absolute Gasteiger partial charge is 0.234 e. The molecule has 1 amide bonds. The number of hydrogen-bond acceptors (Lipinski definition) is 4. The predicted octanol–water partition coefficient (Wildman–Crippen LogP) is 0.880. The van der Waals surface area contributed by atoms with E-state index in [9.17, 15) is 4.79 Å². The van der Waals surface area contributed by atoms with Gasteiger partial charge in [-0.25, -0.2) is 0 Å². The number of methoxy groups -OCH3 is 1. The van der Waals surface area contributed by atoms with E-state index in [1.807, 2.05) is 23.1 Å². The molecule has 2 N–H and O–H groups in total. The minimum Gasteiger partial charge on any atom is -0.383 e. The van der Waals surface area contributed by atoms with E-state index in [0.29, 0.717) is 25.3 Å². The number of benzene rings is 1. The van der Waals surface area contributed by atoms with E-state index >= 15 is 0 Å². The number of nitriles is 1. The van der Waals surface area contributed by atoms with Gasteiger partial charge < -0.3 is 10.5 Å². The van der Waals surface area contributed by atoms with Gasteiger partial charge in [-0.05, 0) is 24.6 Å². The number of amides is 1. The molecule has 0 aromatic heterocycles. The average Bonchev–Trinajstić information content (AvgIpc) is 2.42. The summed E-state index contributed by atoms with van der Waals surface area (Å²) in [6.07, 6.45) is 0. The highest BCUT2D eigenvalue weighted by atomic mass is 16.5. The van der Waals surface area contributed by atoms with Gasteiger partial charge >= 0.3 is 0 Å². The van der Waals surface area contributed by atoms with Crippen molar-refractivity contribution in [1.82, 2.24) is 4.90 Å². The van der Waals surface area contributed by atoms with Gasteiger partial charge in [0.15, 0.2) is 0 Å². The van der Waals surface area contributed by atoms with Crippen LogP contribution in [0.5, 0.6) is 0 Å². The fourth-order valence-electron chi connectivity index (χ4n) is 1.77. The molecule has 0 spiro atoms. The van der Waals surface area contributed by atoms with Crippen molar-refractivity contribution in [3.05, 3.63) is 35.4 Å². The molecule has 1 atom stereocenters. The lowest BCUT2D eigenvalue weighted by molar-refractivity contribution is -0.123. The third-order valence-corrected chi connectivity index (χ3v) is 2.98. The number of ether oxygens (including phenoxy) is 1. The van der Waals surface area contributed by atoms with Crippen molar-refractivity contribution in [2.24, 2.45) is 5.73 Å². The number of carbonyl (C=O) groups excluding carboxylic acids is 1. The summed E-state index contributed by atoms with van der Waals surface area (Å²) in [5, 5.41) is 8.88. The van der Waals surface area contributed by atoms with E-state index < -0.39 is 0 Å². The van der Waals surface area contributed by atoms with E-state index in [4.69, 9.17) is 15.7 Å². The van der Waals surface area contributed by atoms with Crippen molar-refractivity contribution in [1.29, 1.82) is 5.26 Å². The Bertz CT molecular complexity index is 468. The van der Waals surface area contributed by atoms with Crippen molar-refractivity contribution >= 4 is 5.91 Å². The normalized spacial score (nSPS) is 12.1. The van der Waals surface area contributed by atoms with Crippen LogP contribution in [0.4, 0.5) is 0 Å². The Morgan fingerprint density at radius 3 is 2.89 bits per heavy atom. The molecule has 0 saturated carbocycles. The van der Waals surface area contributed by atoms with Crippen LogP contribution < -0.4 is 5.73 Å². The lowest BCUT2D eigenvalue weighted by atomic mass is 10.1. The number of carbonyl (C=O) groups is 1. The SMILES string of the molecule is COCCN(Cc1cccc(C#N)c1)C(C)C(N)=O. The quantitative estimate of drug-likeness (QED) is 0.790. The van der Waals surface area contributed by atoms with Crippen LogP contribution >= 0.6 is 0 Å². The van der Waals surface area contributed by atoms with Crippen LogP contribution in [0.25, 0.3) is 0 Å². The highest BCUT2D eigenvalue weighted by Crippen LogP contribution is 2.10. The zero-order valence-electron chi connectivity index (χ0n) is 11.3. The fourth-order valence-corrected chi connectivity index (χ4v) is 1.77. The van der Waals surface area contributed by atoms with Gasteiger partial charge in [-0.15, -0.1) is 0 Å². The number of hydrogen-bond donors (Lipinski definition) is 1. The van der Waals surface area contributed by atoms with E-state index in [-0.39, 0.29) is 11.9 Å². The molecule has 1 unspecified atom stereocenters. The lowest BCUT2D eigenvalue weighted by Gasteiger charge is -2.26. The monoisotopic (exact) mass is 261 g/mol. The van der Waals surface area contributed by atoms with E-state index in [0.717, 1.165) is 5.56 Å². The van der Waals surface area contributed by atoms with Crippen molar-refractivity contribution in [2.45, 2.75) is 19.5 Å². The van der Waals surface area contributed by atoms with Gasteiger partial charge in [0, 0.05) is 20.2 Å². The van der Waals surface area contributed by atoms with E-state index in [1.54, 1.807) is 20.1 Å². The van der Waals surface area contributed by atoms with Gasteiger partial charge in [0.25, 0.3) is 0 Å². The largest absolute Gasteiger partial charge is 0.383 e. The van der Waals surface area contributed by atoms with E-state index in [2.05, 4.69) is 6.07 Å². The summed E-state index contributed by atoms with van der Waals surface area (Å²) in [4.78, 5) is 13.2. The maximum Gasteiger partial charge on any atom is 0.234 e. The third-order valence-electron chi connectivity index (χ3n) is 2.98. The Morgan fingerprint density at radius 1 is 1.58 bits per heavy atom. The summed E-state index contributed by atoms with van der Waals surface area (Å²) in [7, 11) is 1.61. The van der Waals surface area contributed by atoms with Gasteiger partial charge in [0.05, 0.1) is 24.3 Å². The Labute approximate surface area is 113 Å². The van der Waals surface area contributed by atoms with Crippen molar-refractivity contribution in [3.63, 3.8) is 0 Å². The first kappa shape index (κ1) is 15.2. The Hall–Kier alpha value is -1.90. The minimum atomic E-state index is -0.374. The lowest BCUT2D eigenvalue weighted by Crippen LogP contribution is -2.43. The molecule has 0 saturated heterocycles. The number of rotatable bonds is 7. The first-order valence-electron chi connectivity index (χ1n) is 6.09. The second kappa shape index (κ2) is 7.52. The van der Waals surface area contributed by atoms with Crippen LogP contribution in [0, 0.1) is 11.3 Å². The maximum atomic E-state index is 11.3. The second-order valence-electron chi connectivity index (χ2n) is 4.35. The van der Waals surface area contributed by atoms with Crippen LogP contribution in [0.2, 0.25) is 0 Å². The molecule has 0 heterocycles. The topological polar surface area (TPSA) is 79.3 Å². The molecule has 0 fully saturated rings. The molecular weight excluding hydrogens is 242 g/mol. The molecule has 5 heteroatoms. The zero-order valence-corrected chi connectivity index (χ0v) is 11.3. The van der Waals surface area contributed by atoms with Crippen LogP contribution in [-0.2, 0) is 16.1 Å². The van der Waals surface area contributed by atoms with Crippen LogP contribution in [-0.4, -0.2) is 37.1 Å². The summed E-state index contributed by atoms with van der Waals surface area (Å²) >= 11 is 0. The number of nitrogens with zero attached hydrogens (tertiary/aromatic N) is 2. The highest BCUT2D eigenvalue weighted by molar-refractivity contribution is 5.79. The summed E-state index contributed by atoms with van der Waals surface area (Å²) < 4.78 is 5.04. The first-order chi connectivity index (χ1) is 9.08. The predicted molar refractivity (Wildman–Crippen MR) is 72.1 cm³/mol. The first-order valence-corrected chi connectivity index (χ1v) is 6.09. The molecule has 0 aliphatic heterocycles. The molecule has 0 radical (unpaired) electrons. The van der Waals surface area contributed by atoms with Crippen LogP contribution in [0.3, 0.4) is 0 Å². The third kappa shape index (κ3) is 4.70. The zero-order chi connectivity index (χ0) is 14.3. The Balaban J connectivity index is 2.81. The van der Waals surface area contributed by atoms with Gasteiger partial charge in [0.1, 0.15) is 0 Å². The average molecular weight is 261 g/mol. The molecule has 1 aromatic rings. The van der Waals surface area contributed by atoms with Crippen LogP contribution in [0.15, 0.2) is 24.3 Å². The summed E-state index contributed by atoms with van der Waals surface area (Å²) in [5.41, 5.74) is 6.93. The molecular formula is C14H19N3O2. The molecule has 1 rings (SSSR count). The van der Waals surface area contributed by atoms with Gasteiger partial charge in [-0.2, -0.15) is 5.26 Å². The molecule has 0 aliphatic rings. The molecule has 1 aromatic carbocycles. The maximum absolute atomic E-state index is 11.3. The van der Waals surface area contributed by atoms with E-state index in [1.165, 1.54) is 0 Å². The minimum absolute atomic E-state index is 0.368. The molecule has 19 heavy (non-hydrogen) atoms. The molecule has 0 aliphatic carbocycles. The molecule has 5 nitrogen and oxygen atoms in total. The van der Waals surface area contributed by atoms with Crippen molar-refractivity contribution < 1.29 is 9.53 Å². The highest BCUT2D eigenvalue weighted by Gasteiger charge is 2.18.